The second kappa shape index (κ2) is 5.54. The second-order valence-corrected chi connectivity index (χ2v) is 4.78. The molecule has 0 fully saturated rings. The van der Waals surface area contributed by atoms with Crippen LogP contribution >= 0.6 is 27.5 Å². The molecule has 2 rings (SSSR count). The van der Waals surface area contributed by atoms with Gasteiger partial charge in [-0.05, 0) is 40.2 Å². The monoisotopic (exact) mass is 345 g/mol. The Kier molecular flexibility index (Phi) is 4.01. The van der Waals surface area contributed by atoms with Crippen molar-refractivity contribution in [1.82, 2.24) is 0 Å². The van der Waals surface area contributed by atoms with Gasteiger partial charge in [-0.3, -0.25) is 10.1 Å². The van der Waals surface area contributed by atoms with E-state index in [9.17, 15) is 14.5 Å². The van der Waals surface area contributed by atoms with Gasteiger partial charge in [0.15, 0.2) is 0 Å². The third-order valence-corrected chi connectivity index (χ3v) is 3.17. The van der Waals surface area contributed by atoms with Crippen LogP contribution in [0.4, 0.5) is 10.1 Å². The van der Waals surface area contributed by atoms with Crippen LogP contribution in [-0.2, 0) is 0 Å². The highest BCUT2D eigenvalue weighted by Gasteiger charge is 2.19. The van der Waals surface area contributed by atoms with Gasteiger partial charge in [0.2, 0.25) is 5.75 Å². The van der Waals surface area contributed by atoms with Crippen molar-refractivity contribution in [2.75, 3.05) is 0 Å². The van der Waals surface area contributed by atoms with Gasteiger partial charge in [0, 0.05) is 6.07 Å². The van der Waals surface area contributed by atoms with Gasteiger partial charge in [0.1, 0.15) is 11.6 Å². The van der Waals surface area contributed by atoms with E-state index in [1.165, 1.54) is 36.4 Å². The molecule has 0 aliphatic rings. The summed E-state index contributed by atoms with van der Waals surface area (Å²) in [5.74, 6) is -0.299. The number of nitrogens with zero attached hydrogens (tertiary/aromatic N) is 1. The number of ether oxygens (including phenoxy) is 1. The highest BCUT2D eigenvalue weighted by molar-refractivity contribution is 9.10. The molecule has 7 heteroatoms. The van der Waals surface area contributed by atoms with Gasteiger partial charge < -0.3 is 4.74 Å². The van der Waals surface area contributed by atoms with E-state index in [2.05, 4.69) is 15.9 Å². The lowest BCUT2D eigenvalue weighted by molar-refractivity contribution is -0.385. The first-order valence-corrected chi connectivity index (χ1v) is 6.22. The highest BCUT2D eigenvalue weighted by Crippen LogP contribution is 2.39. The number of para-hydroxylation sites is 1. The summed E-state index contributed by atoms with van der Waals surface area (Å²) in [4.78, 5) is 10.3. The third-order valence-electron chi connectivity index (χ3n) is 2.25. The van der Waals surface area contributed by atoms with Crippen LogP contribution in [-0.4, -0.2) is 4.92 Å². The Labute approximate surface area is 121 Å². The smallest absolute Gasteiger partial charge is 0.313 e. The Balaban J connectivity index is 2.46. The van der Waals surface area contributed by atoms with Crippen molar-refractivity contribution in [3.63, 3.8) is 0 Å². The summed E-state index contributed by atoms with van der Waals surface area (Å²) >= 11 is 9.00. The number of nitro groups is 1. The van der Waals surface area contributed by atoms with Crippen LogP contribution in [0.2, 0.25) is 5.02 Å². The lowest BCUT2D eigenvalue weighted by Gasteiger charge is -2.09. The fourth-order valence-corrected chi connectivity index (χ4v) is 2.05. The minimum absolute atomic E-state index is 0.0820. The Bertz CT molecular complexity index is 651. The zero-order valence-corrected chi connectivity index (χ0v) is 11.6. The first-order valence-electron chi connectivity index (χ1n) is 5.05. The number of hydrogen-bond acceptors (Lipinski definition) is 3. The van der Waals surface area contributed by atoms with Crippen LogP contribution in [0.25, 0.3) is 0 Å². The van der Waals surface area contributed by atoms with Crippen LogP contribution in [0.3, 0.4) is 0 Å². The summed E-state index contributed by atoms with van der Waals surface area (Å²) in [5, 5.41) is 11.0. The molecule has 0 aromatic heterocycles. The molecule has 2 aromatic carbocycles. The van der Waals surface area contributed by atoms with Gasteiger partial charge in [-0.1, -0.05) is 17.7 Å². The van der Waals surface area contributed by atoms with Crippen LogP contribution in [0.5, 0.6) is 11.5 Å². The molecule has 0 spiro atoms. The number of halogens is 3. The van der Waals surface area contributed by atoms with Crippen molar-refractivity contribution in [3.05, 3.63) is 61.8 Å². The van der Waals surface area contributed by atoms with Gasteiger partial charge in [-0.15, -0.1) is 0 Å². The Hall–Kier alpha value is -1.66. The van der Waals surface area contributed by atoms with Gasteiger partial charge in [0.05, 0.1) is 14.4 Å². The molecule has 0 amide bonds. The van der Waals surface area contributed by atoms with Crippen LogP contribution in [0, 0.1) is 15.9 Å². The normalized spacial score (nSPS) is 10.3. The molecule has 0 N–H and O–H groups in total. The number of nitro benzene ring substituents is 1. The van der Waals surface area contributed by atoms with E-state index in [0.29, 0.717) is 4.47 Å². The first-order chi connectivity index (χ1) is 8.99. The van der Waals surface area contributed by atoms with Crippen molar-refractivity contribution < 1.29 is 14.1 Å². The molecule has 0 bridgehead atoms. The third kappa shape index (κ3) is 3.02. The number of rotatable bonds is 3. The average molecular weight is 347 g/mol. The summed E-state index contributed by atoms with van der Waals surface area (Å²) in [5.41, 5.74) is -0.260. The minimum atomic E-state index is -0.599. The zero-order valence-electron chi connectivity index (χ0n) is 9.27. The number of benzene rings is 2. The summed E-state index contributed by atoms with van der Waals surface area (Å²) in [6.45, 7) is 0. The summed E-state index contributed by atoms with van der Waals surface area (Å²) in [6.07, 6.45) is 0. The molecule has 2 aromatic rings. The maximum atomic E-state index is 13.0. The van der Waals surface area contributed by atoms with E-state index in [4.69, 9.17) is 16.3 Å². The molecule has 0 unspecified atom stereocenters. The molecular formula is C12H6BrClFNO3. The lowest BCUT2D eigenvalue weighted by Crippen LogP contribution is -1.94. The van der Waals surface area contributed by atoms with Gasteiger partial charge in [0.25, 0.3) is 0 Å². The fraction of sp³-hybridized carbons (Fsp3) is 0. The standard InChI is InChI=1S/C12H6BrClFNO3/c13-8-6-7(15)4-5-11(8)19-12-9(14)2-1-3-10(12)16(17)18/h1-6H. The van der Waals surface area contributed by atoms with Crippen LogP contribution < -0.4 is 4.74 Å². The van der Waals surface area contributed by atoms with Crippen LogP contribution in [0.1, 0.15) is 0 Å². The van der Waals surface area contributed by atoms with E-state index in [-0.39, 0.29) is 22.2 Å². The number of hydrogen-bond donors (Lipinski definition) is 0. The SMILES string of the molecule is O=[N+]([O-])c1cccc(Cl)c1Oc1ccc(F)cc1Br. The predicted octanol–water partition coefficient (Wildman–Crippen LogP) is 4.94. The van der Waals surface area contributed by atoms with E-state index < -0.39 is 10.7 Å². The molecule has 0 atom stereocenters. The maximum absolute atomic E-state index is 13.0. The molecule has 0 aliphatic carbocycles. The van der Waals surface area contributed by atoms with Crippen molar-refractivity contribution in [2.45, 2.75) is 0 Å². The van der Waals surface area contributed by atoms with E-state index in [0.717, 1.165) is 0 Å². The molecule has 0 heterocycles. The molecule has 0 radical (unpaired) electrons. The Morgan fingerprint density at radius 2 is 2.05 bits per heavy atom. The minimum Gasteiger partial charge on any atom is -0.447 e. The zero-order chi connectivity index (χ0) is 14.0. The Morgan fingerprint density at radius 1 is 1.32 bits per heavy atom. The Morgan fingerprint density at radius 3 is 2.68 bits per heavy atom. The van der Waals surface area contributed by atoms with Crippen molar-refractivity contribution in [1.29, 1.82) is 0 Å². The predicted molar refractivity (Wildman–Crippen MR) is 72.3 cm³/mol. The molecular weight excluding hydrogens is 340 g/mol. The second-order valence-electron chi connectivity index (χ2n) is 3.52. The van der Waals surface area contributed by atoms with Crippen molar-refractivity contribution in [3.8, 4) is 11.5 Å². The van der Waals surface area contributed by atoms with Crippen molar-refractivity contribution in [2.24, 2.45) is 0 Å². The summed E-state index contributed by atoms with van der Waals surface area (Å²) in [7, 11) is 0. The molecule has 4 nitrogen and oxygen atoms in total. The van der Waals surface area contributed by atoms with E-state index in [1.54, 1.807) is 0 Å². The highest BCUT2D eigenvalue weighted by atomic mass is 79.9. The van der Waals surface area contributed by atoms with Crippen LogP contribution in [0.15, 0.2) is 40.9 Å². The first kappa shape index (κ1) is 13.8. The molecule has 0 saturated heterocycles. The summed E-state index contributed by atoms with van der Waals surface area (Å²) < 4.78 is 18.7. The lowest BCUT2D eigenvalue weighted by atomic mass is 10.3. The fourth-order valence-electron chi connectivity index (χ4n) is 1.41. The quantitative estimate of drug-likeness (QED) is 0.584. The average Bonchev–Trinajstić information content (AvgIpc) is 2.34. The summed E-state index contributed by atoms with van der Waals surface area (Å²) in [6, 6.07) is 7.93. The molecule has 98 valence electrons. The largest absolute Gasteiger partial charge is 0.447 e. The van der Waals surface area contributed by atoms with Crippen molar-refractivity contribution >= 4 is 33.2 Å². The van der Waals surface area contributed by atoms with Gasteiger partial charge >= 0.3 is 5.69 Å². The molecule has 0 saturated carbocycles. The van der Waals surface area contributed by atoms with Gasteiger partial charge in [-0.2, -0.15) is 0 Å². The van der Waals surface area contributed by atoms with E-state index >= 15 is 0 Å². The topological polar surface area (TPSA) is 52.4 Å². The molecule has 19 heavy (non-hydrogen) atoms. The maximum Gasteiger partial charge on any atom is 0.313 e. The van der Waals surface area contributed by atoms with E-state index in [1.807, 2.05) is 0 Å². The van der Waals surface area contributed by atoms with Gasteiger partial charge in [-0.25, -0.2) is 4.39 Å². The molecule has 0 aliphatic heterocycles.